The quantitative estimate of drug-likeness (QED) is 0.518. The molecule has 0 aliphatic rings. The normalized spacial score (nSPS) is 13.7. The van der Waals surface area contributed by atoms with Crippen molar-refractivity contribution in [1.82, 2.24) is 0 Å². The van der Waals surface area contributed by atoms with E-state index in [-0.39, 0.29) is 22.0 Å². The fourth-order valence-corrected chi connectivity index (χ4v) is 2.49. The molecule has 0 N–H and O–H groups in total. The molecule has 0 heterocycles. The van der Waals surface area contributed by atoms with E-state index < -0.39 is 11.7 Å². The first kappa shape index (κ1) is 18.4. The van der Waals surface area contributed by atoms with E-state index in [1.807, 2.05) is 24.3 Å². The number of rotatable bonds is 2. The molecule has 0 amide bonds. The zero-order chi connectivity index (χ0) is 18.1. The lowest BCUT2D eigenvalue weighted by molar-refractivity contribution is 0.589. The van der Waals surface area contributed by atoms with Crippen LogP contribution in [0.3, 0.4) is 0 Å². The Labute approximate surface area is 144 Å². The monoisotopic (exact) mass is 328 g/mol. The summed E-state index contributed by atoms with van der Waals surface area (Å²) in [6, 6.07) is 14.0. The van der Waals surface area contributed by atoms with Crippen LogP contribution in [-0.4, -0.2) is 0 Å². The standard InChI is InChI=1S/C22H26F2/c1-21(2,3)17-11-7-15(8-12-17)19(23)20(24)16-9-13-18(14-10-16)22(4,5)6/h7-14H,1-6H3. The molecule has 0 spiro atoms. The van der Waals surface area contributed by atoms with E-state index in [0.29, 0.717) is 0 Å². The second kappa shape index (κ2) is 6.51. The number of benzene rings is 2. The van der Waals surface area contributed by atoms with Gasteiger partial charge in [-0.2, -0.15) is 0 Å². The summed E-state index contributed by atoms with van der Waals surface area (Å²) in [5.74, 6) is -1.64. The van der Waals surface area contributed by atoms with Gasteiger partial charge in [0.1, 0.15) is 0 Å². The minimum Gasteiger partial charge on any atom is -0.203 e. The molecule has 0 bridgehead atoms. The SMILES string of the molecule is CC(C)(C)c1ccc(C(F)=C(F)c2ccc(C(C)(C)C)cc2)cc1. The van der Waals surface area contributed by atoms with Gasteiger partial charge in [-0.3, -0.25) is 0 Å². The lowest BCUT2D eigenvalue weighted by atomic mass is 9.86. The zero-order valence-electron chi connectivity index (χ0n) is 15.4. The van der Waals surface area contributed by atoms with E-state index in [2.05, 4.69) is 41.5 Å². The van der Waals surface area contributed by atoms with Crippen LogP contribution >= 0.6 is 0 Å². The van der Waals surface area contributed by atoms with E-state index in [1.165, 1.54) is 0 Å². The van der Waals surface area contributed by atoms with Crippen molar-refractivity contribution in [3.63, 3.8) is 0 Å². The van der Waals surface area contributed by atoms with Gasteiger partial charge >= 0.3 is 0 Å². The molecule has 0 atom stereocenters. The van der Waals surface area contributed by atoms with E-state index in [9.17, 15) is 8.78 Å². The van der Waals surface area contributed by atoms with E-state index in [4.69, 9.17) is 0 Å². The summed E-state index contributed by atoms with van der Waals surface area (Å²) in [7, 11) is 0. The highest BCUT2D eigenvalue weighted by molar-refractivity contribution is 5.83. The van der Waals surface area contributed by atoms with Gasteiger partial charge in [-0.15, -0.1) is 0 Å². The first-order chi connectivity index (χ1) is 11.0. The molecule has 0 fully saturated rings. The van der Waals surface area contributed by atoms with Crippen LogP contribution in [0, 0.1) is 0 Å². The van der Waals surface area contributed by atoms with Crippen molar-refractivity contribution in [2.45, 2.75) is 52.4 Å². The van der Waals surface area contributed by atoms with Crippen LogP contribution in [0.15, 0.2) is 48.5 Å². The van der Waals surface area contributed by atoms with Gasteiger partial charge in [-0.05, 0) is 22.0 Å². The molecule has 0 aromatic heterocycles. The average Bonchev–Trinajstić information content (AvgIpc) is 2.52. The summed E-state index contributed by atoms with van der Waals surface area (Å²) in [6.07, 6.45) is 0. The Bertz CT molecular complexity index is 656. The van der Waals surface area contributed by atoms with Gasteiger partial charge in [0.25, 0.3) is 0 Å². The van der Waals surface area contributed by atoms with Crippen LogP contribution < -0.4 is 0 Å². The third kappa shape index (κ3) is 4.11. The molecular formula is C22H26F2. The first-order valence-electron chi connectivity index (χ1n) is 8.27. The molecule has 0 saturated carbocycles. The summed E-state index contributed by atoms with van der Waals surface area (Å²) >= 11 is 0. The molecule has 0 aliphatic heterocycles. The van der Waals surface area contributed by atoms with Crippen LogP contribution in [0.5, 0.6) is 0 Å². The van der Waals surface area contributed by atoms with E-state index in [0.717, 1.165) is 11.1 Å². The Morgan fingerprint density at radius 2 is 0.792 bits per heavy atom. The molecular weight excluding hydrogens is 302 g/mol. The Hall–Kier alpha value is -1.96. The molecule has 0 unspecified atom stereocenters. The van der Waals surface area contributed by atoms with Crippen LogP contribution in [-0.2, 0) is 10.8 Å². The van der Waals surface area contributed by atoms with E-state index in [1.54, 1.807) is 24.3 Å². The van der Waals surface area contributed by atoms with Crippen molar-refractivity contribution < 1.29 is 8.78 Å². The Kier molecular flexibility index (Phi) is 4.98. The van der Waals surface area contributed by atoms with Crippen molar-refractivity contribution in [3.05, 3.63) is 70.8 Å². The number of hydrogen-bond acceptors (Lipinski definition) is 0. The van der Waals surface area contributed by atoms with Crippen molar-refractivity contribution in [3.8, 4) is 0 Å². The van der Waals surface area contributed by atoms with Gasteiger partial charge in [-0.1, -0.05) is 90.1 Å². The topological polar surface area (TPSA) is 0 Å². The molecule has 2 rings (SSSR count). The Morgan fingerprint density at radius 1 is 0.542 bits per heavy atom. The van der Waals surface area contributed by atoms with Gasteiger partial charge in [-0.25, -0.2) is 8.78 Å². The largest absolute Gasteiger partial charge is 0.203 e. The summed E-state index contributed by atoms with van der Waals surface area (Å²) in [6.45, 7) is 12.5. The molecule has 0 saturated heterocycles. The van der Waals surface area contributed by atoms with Crippen LogP contribution in [0.1, 0.15) is 63.8 Å². The van der Waals surface area contributed by atoms with Crippen molar-refractivity contribution >= 4 is 11.7 Å². The van der Waals surface area contributed by atoms with Gasteiger partial charge in [0.2, 0.25) is 0 Å². The van der Waals surface area contributed by atoms with Gasteiger partial charge in [0.05, 0.1) is 0 Å². The van der Waals surface area contributed by atoms with Crippen LogP contribution in [0.2, 0.25) is 0 Å². The average molecular weight is 328 g/mol. The molecule has 24 heavy (non-hydrogen) atoms. The van der Waals surface area contributed by atoms with Crippen LogP contribution in [0.25, 0.3) is 11.7 Å². The Morgan fingerprint density at radius 3 is 1.00 bits per heavy atom. The highest BCUT2D eigenvalue weighted by Gasteiger charge is 2.17. The van der Waals surface area contributed by atoms with E-state index >= 15 is 0 Å². The minimum absolute atomic E-state index is 0.0138. The molecule has 0 aliphatic carbocycles. The second-order valence-electron chi connectivity index (χ2n) is 8.28. The molecule has 128 valence electrons. The van der Waals surface area contributed by atoms with Gasteiger partial charge in [0.15, 0.2) is 11.7 Å². The number of halogens is 2. The minimum atomic E-state index is -0.820. The lowest BCUT2D eigenvalue weighted by Crippen LogP contribution is -2.10. The first-order valence-corrected chi connectivity index (χ1v) is 8.27. The summed E-state index contributed by atoms with van der Waals surface area (Å²) in [4.78, 5) is 0. The zero-order valence-corrected chi connectivity index (χ0v) is 15.4. The molecule has 0 nitrogen and oxygen atoms in total. The molecule has 0 radical (unpaired) electrons. The predicted molar refractivity (Wildman–Crippen MR) is 99.3 cm³/mol. The number of hydrogen-bond donors (Lipinski definition) is 0. The maximum atomic E-state index is 14.5. The fraction of sp³-hybridized carbons (Fsp3) is 0.364. The highest BCUT2D eigenvalue weighted by atomic mass is 19.2. The molecule has 2 aromatic rings. The molecule has 2 aromatic carbocycles. The summed E-state index contributed by atoms with van der Waals surface area (Å²) in [5.41, 5.74) is 2.68. The maximum absolute atomic E-state index is 14.5. The van der Waals surface area contributed by atoms with Crippen molar-refractivity contribution in [1.29, 1.82) is 0 Å². The fourth-order valence-electron chi connectivity index (χ4n) is 2.49. The maximum Gasteiger partial charge on any atom is 0.166 e. The van der Waals surface area contributed by atoms with Crippen molar-refractivity contribution in [2.24, 2.45) is 0 Å². The summed E-state index contributed by atoms with van der Waals surface area (Å²) < 4.78 is 29.0. The Balaban J connectivity index is 2.33. The van der Waals surface area contributed by atoms with Gasteiger partial charge < -0.3 is 0 Å². The third-order valence-corrected chi connectivity index (χ3v) is 4.20. The predicted octanol–water partition coefficient (Wildman–Crippen LogP) is 7.05. The van der Waals surface area contributed by atoms with Crippen LogP contribution in [0.4, 0.5) is 8.78 Å². The smallest absolute Gasteiger partial charge is 0.166 e. The highest BCUT2D eigenvalue weighted by Crippen LogP contribution is 2.32. The molecule has 2 heteroatoms. The lowest BCUT2D eigenvalue weighted by Gasteiger charge is -2.19. The third-order valence-electron chi connectivity index (χ3n) is 4.20. The van der Waals surface area contributed by atoms with Gasteiger partial charge in [0, 0.05) is 11.1 Å². The second-order valence-corrected chi connectivity index (χ2v) is 8.28. The van der Waals surface area contributed by atoms with Crippen molar-refractivity contribution in [2.75, 3.05) is 0 Å². The summed E-state index contributed by atoms with van der Waals surface area (Å²) in [5, 5.41) is 0.